The van der Waals surface area contributed by atoms with Crippen molar-refractivity contribution in [2.75, 3.05) is 0 Å². The van der Waals surface area contributed by atoms with Crippen LogP contribution in [0.3, 0.4) is 0 Å². The zero-order valence-electron chi connectivity index (χ0n) is 11.4. The van der Waals surface area contributed by atoms with Gasteiger partial charge in [0.2, 0.25) is 0 Å². The highest BCUT2D eigenvalue weighted by Crippen LogP contribution is 2.24. The van der Waals surface area contributed by atoms with Crippen LogP contribution in [0.2, 0.25) is 0 Å². The topological polar surface area (TPSA) is 50.2 Å². The average molecular weight is 295 g/mol. The van der Waals surface area contributed by atoms with Gasteiger partial charge in [-0.05, 0) is 48.2 Å². The Morgan fingerprint density at radius 1 is 1.24 bits per heavy atom. The number of fused-ring (bicyclic) bond motifs is 1. The minimum atomic E-state index is -0.917. The Morgan fingerprint density at radius 2 is 2.10 bits per heavy atom. The summed E-state index contributed by atoms with van der Waals surface area (Å²) in [4.78, 5) is 16.6. The number of thiophene rings is 1. The van der Waals surface area contributed by atoms with Crippen LogP contribution in [0.15, 0.2) is 47.8 Å². The molecule has 3 aromatic rings. The van der Waals surface area contributed by atoms with Crippen LogP contribution >= 0.6 is 11.3 Å². The number of rotatable bonds is 3. The Morgan fingerprint density at radius 3 is 2.81 bits per heavy atom. The summed E-state index contributed by atoms with van der Waals surface area (Å²) >= 11 is 1.42. The lowest BCUT2D eigenvalue weighted by Gasteiger charge is -2.03. The second kappa shape index (κ2) is 5.50. The molecule has 0 atom stereocenters. The van der Waals surface area contributed by atoms with Crippen LogP contribution in [0.5, 0.6) is 0 Å². The van der Waals surface area contributed by atoms with Crippen molar-refractivity contribution in [2.45, 2.75) is 6.92 Å². The van der Waals surface area contributed by atoms with Gasteiger partial charge in [-0.3, -0.25) is 4.98 Å². The predicted molar refractivity (Wildman–Crippen MR) is 86.3 cm³/mol. The highest BCUT2D eigenvalue weighted by Gasteiger charge is 2.11. The minimum Gasteiger partial charge on any atom is -0.478 e. The molecule has 0 aliphatic heterocycles. The van der Waals surface area contributed by atoms with Gasteiger partial charge < -0.3 is 5.11 Å². The molecule has 3 rings (SSSR count). The summed E-state index contributed by atoms with van der Waals surface area (Å²) in [6.07, 6.45) is 1.70. The van der Waals surface area contributed by atoms with E-state index in [-0.39, 0.29) is 0 Å². The number of carboxylic acid groups (broad SMARTS) is 1. The molecular formula is C17H13NO2S. The fourth-order valence-corrected chi connectivity index (χ4v) is 2.91. The van der Waals surface area contributed by atoms with Gasteiger partial charge >= 0.3 is 5.97 Å². The van der Waals surface area contributed by atoms with Crippen LogP contribution in [0.25, 0.3) is 22.6 Å². The number of hydrogen-bond acceptors (Lipinski definition) is 3. The maximum absolute atomic E-state index is 11.4. The summed E-state index contributed by atoms with van der Waals surface area (Å²) in [7, 11) is 0. The normalized spacial score (nSPS) is 11.8. The van der Waals surface area contributed by atoms with E-state index in [0.717, 1.165) is 27.0 Å². The van der Waals surface area contributed by atoms with Crippen molar-refractivity contribution in [2.24, 2.45) is 0 Å². The second-order valence-electron chi connectivity index (χ2n) is 4.75. The lowest BCUT2D eigenvalue weighted by molar-refractivity contribution is -0.130. The van der Waals surface area contributed by atoms with Crippen LogP contribution < -0.4 is 0 Å². The number of pyridine rings is 1. The molecule has 0 bridgehead atoms. The van der Waals surface area contributed by atoms with E-state index < -0.39 is 5.97 Å². The zero-order valence-corrected chi connectivity index (χ0v) is 12.2. The van der Waals surface area contributed by atoms with E-state index in [0.29, 0.717) is 5.57 Å². The van der Waals surface area contributed by atoms with E-state index in [4.69, 9.17) is 0 Å². The molecule has 0 radical (unpaired) electrons. The smallest absolute Gasteiger partial charge is 0.337 e. The van der Waals surface area contributed by atoms with Crippen LogP contribution in [-0.2, 0) is 4.79 Å². The van der Waals surface area contributed by atoms with Crippen LogP contribution in [0.4, 0.5) is 0 Å². The second-order valence-corrected chi connectivity index (χ2v) is 5.69. The van der Waals surface area contributed by atoms with Gasteiger partial charge in [0, 0.05) is 16.0 Å². The first-order chi connectivity index (χ1) is 10.1. The minimum absolute atomic E-state index is 0.310. The molecule has 21 heavy (non-hydrogen) atoms. The largest absolute Gasteiger partial charge is 0.478 e. The van der Waals surface area contributed by atoms with Gasteiger partial charge in [-0.15, -0.1) is 11.3 Å². The maximum Gasteiger partial charge on any atom is 0.337 e. The first-order valence-corrected chi connectivity index (χ1v) is 7.38. The van der Waals surface area contributed by atoms with Gasteiger partial charge in [-0.2, -0.15) is 0 Å². The van der Waals surface area contributed by atoms with Crippen molar-refractivity contribution in [1.29, 1.82) is 0 Å². The van der Waals surface area contributed by atoms with Crippen LogP contribution in [0, 0.1) is 6.92 Å². The third kappa shape index (κ3) is 2.85. The lowest BCUT2D eigenvalue weighted by atomic mass is 10.1. The summed E-state index contributed by atoms with van der Waals surface area (Å²) < 4.78 is 0. The molecule has 0 aliphatic rings. The molecule has 0 fully saturated rings. The molecular weight excluding hydrogens is 282 g/mol. The zero-order chi connectivity index (χ0) is 14.8. The van der Waals surface area contributed by atoms with E-state index in [2.05, 4.69) is 4.98 Å². The molecule has 1 aromatic carbocycles. The first kappa shape index (κ1) is 13.5. The quantitative estimate of drug-likeness (QED) is 0.736. The van der Waals surface area contributed by atoms with Crippen molar-refractivity contribution in [3.05, 3.63) is 64.0 Å². The summed E-state index contributed by atoms with van der Waals surface area (Å²) in [5.74, 6) is -0.917. The van der Waals surface area contributed by atoms with Crippen molar-refractivity contribution >= 4 is 39.9 Å². The summed E-state index contributed by atoms with van der Waals surface area (Å²) in [6, 6.07) is 13.4. The maximum atomic E-state index is 11.4. The van der Waals surface area contributed by atoms with E-state index in [1.165, 1.54) is 11.3 Å². The molecule has 3 nitrogen and oxygen atoms in total. The van der Waals surface area contributed by atoms with Gasteiger partial charge in [-0.25, -0.2) is 4.79 Å². The summed E-state index contributed by atoms with van der Waals surface area (Å²) in [6.45, 7) is 1.95. The fraction of sp³-hybridized carbons (Fsp3) is 0.0588. The van der Waals surface area contributed by atoms with Crippen molar-refractivity contribution in [3.63, 3.8) is 0 Å². The first-order valence-electron chi connectivity index (χ1n) is 6.50. The van der Waals surface area contributed by atoms with Crippen molar-refractivity contribution < 1.29 is 9.90 Å². The fourth-order valence-electron chi connectivity index (χ4n) is 2.17. The Balaban J connectivity index is 2.08. The molecule has 0 saturated heterocycles. The van der Waals surface area contributed by atoms with Crippen molar-refractivity contribution in [3.8, 4) is 0 Å². The van der Waals surface area contributed by atoms with E-state index >= 15 is 0 Å². The Kier molecular flexibility index (Phi) is 3.54. The number of nitrogens with zero attached hydrogens (tertiary/aromatic N) is 1. The molecule has 0 spiro atoms. The number of carbonyl (C=O) groups is 1. The Bertz CT molecular complexity index is 835. The number of aliphatic carboxylic acids is 1. The molecule has 104 valence electrons. The third-order valence-electron chi connectivity index (χ3n) is 3.18. The predicted octanol–water partition coefficient (Wildman–Crippen LogP) is 4.23. The van der Waals surface area contributed by atoms with E-state index in [1.54, 1.807) is 6.08 Å². The van der Waals surface area contributed by atoms with Crippen LogP contribution in [0.1, 0.15) is 16.1 Å². The molecule has 0 aliphatic carbocycles. The number of aryl methyl sites for hydroxylation is 1. The van der Waals surface area contributed by atoms with Crippen LogP contribution in [-0.4, -0.2) is 16.1 Å². The number of carboxylic acids is 1. The Labute approximate surface area is 126 Å². The van der Waals surface area contributed by atoms with Gasteiger partial charge in [0.1, 0.15) is 0 Å². The highest BCUT2D eigenvalue weighted by molar-refractivity contribution is 7.11. The number of aromatic nitrogens is 1. The molecule has 2 heterocycles. The number of benzene rings is 1. The monoisotopic (exact) mass is 295 g/mol. The van der Waals surface area contributed by atoms with Gasteiger partial charge in [-0.1, -0.05) is 18.2 Å². The standard InChI is InChI=1S/C17H13NO2S/c1-11-4-6-13-9-12(5-7-15(13)18-11)10-14(17(19)20)16-3-2-8-21-16/h2-10H,1H3,(H,19,20)/b14-10+. The third-order valence-corrected chi connectivity index (χ3v) is 4.08. The summed E-state index contributed by atoms with van der Waals surface area (Å²) in [5.41, 5.74) is 3.05. The summed E-state index contributed by atoms with van der Waals surface area (Å²) in [5, 5.41) is 12.3. The van der Waals surface area contributed by atoms with Gasteiger partial charge in [0.25, 0.3) is 0 Å². The molecule has 0 amide bonds. The molecule has 1 N–H and O–H groups in total. The van der Waals surface area contributed by atoms with Crippen molar-refractivity contribution in [1.82, 2.24) is 4.98 Å². The molecule has 0 saturated carbocycles. The molecule has 2 aromatic heterocycles. The van der Waals surface area contributed by atoms with Gasteiger partial charge in [0.15, 0.2) is 0 Å². The molecule has 0 unspecified atom stereocenters. The Hall–Kier alpha value is -2.46. The van der Waals surface area contributed by atoms with Gasteiger partial charge in [0.05, 0.1) is 11.1 Å². The number of hydrogen-bond donors (Lipinski definition) is 1. The van der Waals surface area contributed by atoms with E-state index in [9.17, 15) is 9.90 Å². The average Bonchev–Trinajstić information content (AvgIpc) is 2.98. The SMILES string of the molecule is Cc1ccc2cc(/C=C(/C(=O)O)c3cccs3)ccc2n1. The molecule has 4 heteroatoms. The highest BCUT2D eigenvalue weighted by atomic mass is 32.1. The van der Waals surface area contributed by atoms with E-state index in [1.807, 2.05) is 54.8 Å². The lowest BCUT2D eigenvalue weighted by Crippen LogP contribution is -1.97.